The second-order valence-electron chi connectivity index (χ2n) is 3.52. The molecule has 90 valence electrons. The molecule has 1 heterocycles. The smallest absolute Gasteiger partial charge is 0.406 e. The van der Waals surface area contributed by atoms with Crippen LogP contribution in [0.25, 0.3) is 0 Å². The van der Waals surface area contributed by atoms with Gasteiger partial charge in [0.2, 0.25) is 6.23 Å². The van der Waals surface area contributed by atoms with E-state index in [-0.39, 0.29) is 0 Å². The van der Waals surface area contributed by atoms with Crippen molar-refractivity contribution in [2.45, 2.75) is 45.8 Å². The van der Waals surface area contributed by atoms with Crippen LogP contribution in [0, 0.1) is 0 Å². The van der Waals surface area contributed by atoms with Gasteiger partial charge in [0.1, 0.15) is 0 Å². The van der Waals surface area contributed by atoms with Gasteiger partial charge in [-0.15, -0.1) is 15.0 Å². The summed E-state index contributed by atoms with van der Waals surface area (Å²) in [7, 11) is 0. The summed E-state index contributed by atoms with van der Waals surface area (Å²) in [6, 6.07) is 0. The zero-order valence-electron chi connectivity index (χ0n) is 9.59. The summed E-state index contributed by atoms with van der Waals surface area (Å²) in [5.41, 5.74) is 4.89. The van der Waals surface area contributed by atoms with Crippen LogP contribution >= 0.6 is 0 Å². The van der Waals surface area contributed by atoms with Crippen LogP contribution < -0.4 is 5.73 Å². The lowest BCUT2D eigenvalue weighted by Crippen LogP contribution is -2.21. The van der Waals surface area contributed by atoms with Crippen LogP contribution in [0.5, 0.6) is 0 Å². The van der Waals surface area contributed by atoms with E-state index in [0.29, 0.717) is 5.82 Å². The quantitative estimate of drug-likeness (QED) is 0.732. The number of tetrazole rings is 1. The fourth-order valence-corrected chi connectivity index (χ4v) is 1.26. The predicted molar refractivity (Wildman–Crippen MR) is 56.4 cm³/mol. The number of aromatic nitrogens is 4. The molecule has 0 bridgehead atoms. The summed E-state index contributed by atoms with van der Waals surface area (Å²) in [6.07, 6.45) is 2.64. The summed E-state index contributed by atoms with van der Waals surface area (Å²) in [4.78, 5) is 11.8. The summed E-state index contributed by atoms with van der Waals surface area (Å²) in [5.74, 6) is 0.661. The number of primary amides is 1. The Bertz CT molecular complexity index is 338. The van der Waals surface area contributed by atoms with Crippen LogP contribution in [0.15, 0.2) is 0 Å². The van der Waals surface area contributed by atoms with Gasteiger partial charge in [-0.1, -0.05) is 19.8 Å². The number of hydrogen-bond donors (Lipinski definition) is 1. The molecule has 1 aromatic rings. The van der Waals surface area contributed by atoms with Crippen LogP contribution in [-0.4, -0.2) is 26.3 Å². The Morgan fingerprint density at radius 1 is 1.56 bits per heavy atom. The minimum absolute atomic E-state index is 0.620. The molecule has 1 amide bonds. The van der Waals surface area contributed by atoms with Gasteiger partial charge in [-0.2, -0.15) is 0 Å². The fraction of sp³-hybridized carbons (Fsp3) is 0.778. The Hall–Kier alpha value is -1.66. The lowest BCUT2D eigenvalue weighted by atomic mass is 10.2. The minimum atomic E-state index is -0.850. The van der Waals surface area contributed by atoms with Crippen LogP contribution in [-0.2, 0) is 11.2 Å². The first-order valence-corrected chi connectivity index (χ1v) is 5.38. The largest absolute Gasteiger partial charge is 0.422 e. The van der Waals surface area contributed by atoms with Crippen molar-refractivity contribution in [3.05, 3.63) is 5.82 Å². The molecule has 0 saturated carbocycles. The monoisotopic (exact) mass is 227 g/mol. The van der Waals surface area contributed by atoms with Gasteiger partial charge in [0, 0.05) is 6.42 Å². The molecule has 0 radical (unpaired) electrons. The molecule has 1 aromatic heterocycles. The Balaban J connectivity index is 2.47. The molecule has 0 spiro atoms. The van der Waals surface area contributed by atoms with Crippen molar-refractivity contribution in [3.63, 3.8) is 0 Å². The van der Waals surface area contributed by atoms with Crippen molar-refractivity contribution in [2.24, 2.45) is 5.73 Å². The van der Waals surface area contributed by atoms with E-state index >= 15 is 0 Å². The normalized spacial score (nSPS) is 12.4. The van der Waals surface area contributed by atoms with E-state index in [1.807, 2.05) is 0 Å². The van der Waals surface area contributed by atoms with E-state index in [1.165, 1.54) is 4.80 Å². The second kappa shape index (κ2) is 6.04. The van der Waals surface area contributed by atoms with Crippen molar-refractivity contribution in [1.82, 2.24) is 20.2 Å². The predicted octanol–water partition coefficient (Wildman–Crippen LogP) is 1.02. The number of rotatable bonds is 6. The zero-order chi connectivity index (χ0) is 12.0. The average Bonchev–Trinajstić information content (AvgIpc) is 2.66. The molecule has 0 aliphatic carbocycles. The van der Waals surface area contributed by atoms with E-state index in [1.54, 1.807) is 6.92 Å². The summed E-state index contributed by atoms with van der Waals surface area (Å²) in [6.45, 7) is 3.76. The van der Waals surface area contributed by atoms with Gasteiger partial charge < -0.3 is 10.5 Å². The van der Waals surface area contributed by atoms with Crippen molar-refractivity contribution < 1.29 is 9.53 Å². The molecule has 7 nitrogen and oxygen atoms in total. The minimum Gasteiger partial charge on any atom is -0.422 e. The van der Waals surface area contributed by atoms with E-state index in [2.05, 4.69) is 22.3 Å². The molecule has 7 heteroatoms. The highest BCUT2D eigenvalue weighted by atomic mass is 16.6. The molecular formula is C9H17N5O2. The molecule has 0 fully saturated rings. The highest BCUT2D eigenvalue weighted by Gasteiger charge is 2.12. The molecular weight excluding hydrogens is 210 g/mol. The first-order chi connectivity index (χ1) is 7.63. The highest BCUT2D eigenvalue weighted by molar-refractivity contribution is 5.64. The zero-order valence-corrected chi connectivity index (χ0v) is 9.59. The van der Waals surface area contributed by atoms with Gasteiger partial charge in [-0.05, 0) is 18.6 Å². The van der Waals surface area contributed by atoms with Gasteiger partial charge in [-0.3, -0.25) is 0 Å². The molecule has 1 rings (SSSR count). The number of amides is 1. The van der Waals surface area contributed by atoms with Crippen LogP contribution in [0.3, 0.4) is 0 Å². The van der Waals surface area contributed by atoms with Gasteiger partial charge in [0.05, 0.1) is 0 Å². The lowest BCUT2D eigenvalue weighted by molar-refractivity contribution is 0.0560. The molecule has 16 heavy (non-hydrogen) atoms. The Morgan fingerprint density at radius 2 is 2.31 bits per heavy atom. The molecule has 1 unspecified atom stereocenters. The Labute approximate surface area is 93.9 Å². The fourth-order valence-electron chi connectivity index (χ4n) is 1.26. The number of hydrogen-bond acceptors (Lipinski definition) is 5. The number of carbonyl (C=O) groups is 1. The van der Waals surface area contributed by atoms with Crippen LogP contribution in [0.4, 0.5) is 4.79 Å². The van der Waals surface area contributed by atoms with Crippen LogP contribution in [0.1, 0.15) is 45.2 Å². The summed E-state index contributed by atoms with van der Waals surface area (Å²) < 4.78 is 4.71. The maximum absolute atomic E-state index is 10.5. The van der Waals surface area contributed by atoms with Gasteiger partial charge in [-0.25, -0.2) is 4.79 Å². The first kappa shape index (κ1) is 12.4. The van der Waals surface area contributed by atoms with Crippen molar-refractivity contribution in [3.8, 4) is 0 Å². The maximum atomic E-state index is 10.5. The molecule has 2 N–H and O–H groups in total. The molecule has 0 aliphatic heterocycles. The van der Waals surface area contributed by atoms with E-state index in [4.69, 9.17) is 10.5 Å². The number of aryl methyl sites for hydroxylation is 1. The van der Waals surface area contributed by atoms with E-state index in [9.17, 15) is 4.79 Å². The van der Waals surface area contributed by atoms with Crippen molar-refractivity contribution in [2.75, 3.05) is 0 Å². The molecule has 1 atom stereocenters. The topological polar surface area (TPSA) is 95.9 Å². The van der Waals surface area contributed by atoms with E-state index in [0.717, 1.165) is 25.7 Å². The highest BCUT2D eigenvalue weighted by Crippen LogP contribution is 2.05. The van der Waals surface area contributed by atoms with Gasteiger partial charge in [0.15, 0.2) is 5.82 Å². The third-order valence-electron chi connectivity index (χ3n) is 2.09. The third-order valence-corrected chi connectivity index (χ3v) is 2.09. The summed E-state index contributed by atoms with van der Waals surface area (Å²) in [5, 5.41) is 11.8. The first-order valence-electron chi connectivity index (χ1n) is 5.38. The van der Waals surface area contributed by atoms with E-state index < -0.39 is 12.3 Å². The lowest BCUT2D eigenvalue weighted by Gasteiger charge is -2.08. The molecule has 0 aliphatic rings. The number of ether oxygens (including phenoxy) is 1. The maximum Gasteiger partial charge on any atom is 0.406 e. The molecule has 0 saturated heterocycles. The third kappa shape index (κ3) is 3.84. The Kier molecular flexibility index (Phi) is 4.68. The average molecular weight is 227 g/mol. The number of carbonyl (C=O) groups excluding carboxylic acids is 1. The van der Waals surface area contributed by atoms with Crippen molar-refractivity contribution >= 4 is 6.09 Å². The number of unbranched alkanes of at least 4 members (excludes halogenated alkanes) is 2. The summed E-state index contributed by atoms with van der Waals surface area (Å²) >= 11 is 0. The van der Waals surface area contributed by atoms with Crippen LogP contribution in [0.2, 0.25) is 0 Å². The van der Waals surface area contributed by atoms with Gasteiger partial charge >= 0.3 is 6.09 Å². The SMILES string of the molecule is CCCCCc1nnn(C(C)OC(N)=O)n1. The van der Waals surface area contributed by atoms with Gasteiger partial charge in [0.25, 0.3) is 0 Å². The second-order valence-corrected chi connectivity index (χ2v) is 3.52. The Morgan fingerprint density at radius 3 is 2.94 bits per heavy atom. The number of nitrogens with zero attached hydrogens (tertiary/aromatic N) is 4. The number of nitrogens with two attached hydrogens (primary N) is 1. The molecule has 0 aromatic carbocycles. The van der Waals surface area contributed by atoms with Crippen molar-refractivity contribution in [1.29, 1.82) is 0 Å². The standard InChI is InChI=1S/C9H17N5O2/c1-3-4-5-6-8-11-13-14(12-8)7(2)16-9(10)15/h7H,3-6H2,1-2H3,(H2,10,15).